The lowest BCUT2D eigenvalue weighted by Crippen LogP contribution is -2.31. The van der Waals surface area contributed by atoms with E-state index in [2.05, 4.69) is 11.7 Å². The molecule has 4 heteroatoms. The van der Waals surface area contributed by atoms with Crippen LogP contribution in [-0.2, 0) is 14.3 Å². The number of methoxy groups -OCH3 is 1. The van der Waals surface area contributed by atoms with Crippen LogP contribution in [-0.4, -0.2) is 31.8 Å². The molecule has 0 amide bonds. The SMILES string of the molecule is C=CC[C@@H](OCOC)C1=NO[C@H]2CCC[C@@H]12. The number of rotatable bonds is 6. The van der Waals surface area contributed by atoms with Crippen molar-refractivity contribution in [1.82, 2.24) is 0 Å². The number of oxime groups is 1. The van der Waals surface area contributed by atoms with E-state index in [9.17, 15) is 0 Å². The van der Waals surface area contributed by atoms with E-state index in [1.54, 1.807) is 7.11 Å². The predicted octanol–water partition coefficient (Wildman–Crippen LogP) is 2.11. The van der Waals surface area contributed by atoms with Gasteiger partial charge in [-0.3, -0.25) is 0 Å². The van der Waals surface area contributed by atoms with Gasteiger partial charge in [-0.05, 0) is 25.7 Å². The molecular formula is C12H19NO3. The highest BCUT2D eigenvalue weighted by atomic mass is 16.7. The van der Waals surface area contributed by atoms with Crippen LogP contribution in [0.5, 0.6) is 0 Å². The van der Waals surface area contributed by atoms with Crippen molar-refractivity contribution in [2.75, 3.05) is 13.9 Å². The molecule has 0 aromatic carbocycles. The van der Waals surface area contributed by atoms with E-state index in [0.29, 0.717) is 5.92 Å². The van der Waals surface area contributed by atoms with Gasteiger partial charge in [-0.25, -0.2) is 0 Å². The lowest BCUT2D eigenvalue weighted by molar-refractivity contribution is -0.0489. The fraction of sp³-hybridized carbons (Fsp3) is 0.750. The highest BCUT2D eigenvalue weighted by molar-refractivity contribution is 5.92. The van der Waals surface area contributed by atoms with Crippen LogP contribution in [0.2, 0.25) is 0 Å². The molecule has 16 heavy (non-hydrogen) atoms. The molecule has 1 saturated carbocycles. The van der Waals surface area contributed by atoms with Gasteiger partial charge in [0, 0.05) is 13.0 Å². The molecule has 0 radical (unpaired) electrons. The zero-order valence-electron chi connectivity index (χ0n) is 9.72. The first-order valence-corrected chi connectivity index (χ1v) is 5.82. The predicted molar refractivity (Wildman–Crippen MR) is 61.2 cm³/mol. The fourth-order valence-electron chi connectivity index (χ4n) is 2.46. The first-order valence-electron chi connectivity index (χ1n) is 5.82. The lowest BCUT2D eigenvalue weighted by atomic mass is 9.94. The van der Waals surface area contributed by atoms with Crippen LogP contribution in [0, 0.1) is 5.92 Å². The van der Waals surface area contributed by atoms with E-state index in [0.717, 1.165) is 25.0 Å². The topological polar surface area (TPSA) is 40.0 Å². The van der Waals surface area contributed by atoms with E-state index >= 15 is 0 Å². The third kappa shape index (κ3) is 2.28. The second-order valence-electron chi connectivity index (χ2n) is 4.28. The molecule has 2 aliphatic rings. The third-order valence-corrected chi connectivity index (χ3v) is 3.22. The van der Waals surface area contributed by atoms with E-state index in [1.807, 2.05) is 6.08 Å². The Morgan fingerprint density at radius 1 is 1.62 bits per heavy atom. The molecule has 1 aliphatic heterocycles. The van der Waals surface area contributed by atoms with E-state index < -0.39 is 0 Å². The van der Waals surface area contributed by atoms with Gasteiger partial charge in [0.2, 0.25) is 0 Å². The highest BCUT2D eigenvalue weighted by Gasteiger charge is 2.41. The molecule has 0 spiro atoms. The lowest BCUT2D eigenvalue weighted by Gasteiger charge is -2.18. The summed E-state index contributed by atoms with van der Waals surface area (Å²) in [6.45, 7) is 4.04. The summed E-state index contributed by atoms with van der Waals surface area (Å²) in [5.74, 6) is 0.446. The van der Waals surface area contributed by atoms with Crippen LogP contribution < -0.4 is 0 Å². The van der Waals surface area contributed by atoms with Crippen LogP contribution in [0.1, 0.15) is 25.7 Å². The minimum absolute atomic E-state index is 0.0365. The summed E-state index contributed by atoms with van der Waals surface area (Å²) in [7, 11) is 1.62. The summed E-state index contributed by atoms with van der Waals surface area (Å²) in [5.41, 5.74) is 1.04. The number of nitrogens with zero attached hydrogens (tertiary/aromatic N) is 1. The van der Waals surface area contributed by atoms with Crippen molar-refractivity contribution in [3.05, 3.63) is 12.7 Å². The molecule has 0 N–H and O–H groups in total. The van der Waals surface area contributed by atoms with Crippen molar-refractivity contribution < 1.29 is 14.3 Å². The smallest absolute Gasteiger partial charge is 0.147 e. The van der Waals surface area contributed by atoms with Crippen molar-refractivity contribution in [3.8, 4) is 0 Å². The van der Waals surface area contributed by atoms with Gasteiger partial charge in [-0.2, -0.15) is 0 Å². The summed E-state index contributed by atoms with van der Waals surface area (Å²) < 4.78 is 10.6. The largest absolute Gasteiger partial charge is 0.392 e. The molecular weight excluding hydrogens is 206 g/mol. The Bertz CT molecular complexity index is 277. The van der Waals surface area contributed by atoms with Gasteiger partial charge in [-0.1, -0.05) is 11.2 Å². The minimum Gasteiger partial charge on any atom is -0.392 e. The zero-order valence-corrected chi connectivity index (χ0v) is 9.72. The standard InChI is InChI=1S/C12H19NO3/c1-3-5-11(15-8-14-2)12-9-6-4-7-10(9)16-13-12/h3,9-11H,1,4-8H2,2H3/t9-,10+,11-/m1/s1. The minimum atomic E-state index is -0.0365. The van der Waals surface area contributed by atoms with Crippen molar-refractivity contribution in [2.45, 2.75) is 37.9 Å². The summed E-state index contributed by atoms with van der Waals surface area (Å²) >= 11 is 0. The fourth-order valence-corrected chi connectivity index (χ4v) is 2.46. The molecule has 4 nitrogen and oxygen atoms in total. The van der Waals surface area contributed by atoms with Crippen LogP contribution in [0.3, 0.4) is 0 Å². The van der Waals surface area contributed by atoms with Gasteiger partial charge < -0.3 is 14.3 Å². The maximum Gasteiger partial charge on any atom is 0.147 e. The maximum atomic E-state index is 5.62. The Morgan fingerprint density at radius 3 is 3.25 bits per heavy atom. The average molecular weight is 225 g/mol. The Kier molecular flexibility index (Phi) is 3.96. The molecule has 1 fully saturated rings. The highest BCUT2D eigenvalue weighted by Crippen LogP contribution is 2.35. The number of hydrogen-bond acceptors (Lipinski definition) is 4. The Balaban J connectivity index is 1.98. The van der Waals surface area contributed by atoms with Crippen LogP contribution in [0.15, 0.2) is 17.8 Å². The molecule has 0 aromatic heterocycles. The molecule has 3 atom stereocenters. The first-order chi connectivity index (χ1) is 7.86. The van der Waals surface area contributed by atoms with Crippen molar-refractivity contribution in [2.24, 2.45) is 11.1 Å². The summed E-state index contributed by atoms with van der Waals surface area (Å²) in [5, 5.41) is 4.18. The van der Waals surface area contributed by atoms with Gasteiger partial charge in [0.15, 0.2) is 0 Å². The summed E-state index contributed by atoms with van der Waals surface area (Å²) in [6, 6.07) is 0. The number of hydrogen-bond donors (Lipinski definition) is 0. The molecule has 1 aliphatic carbocycles. The Morgan fingerprint density at radius 2 is 2.50 bits per heavy atom. The maximum absolute atomic E-state index is 5.62. The number of fused-ring (bicyclic) bond motifs is 1. The molecule has 0 saturated heterocycles. The summed E-state index contributed by atoms with van der Waals surface area (Å²) in [6.07, 6.45) is 6.36. The average Bonchev–Trinajstić information content (AvgIpc) is 2.86. The summed E-state index contributed by atoms with van der Waals surface area (Å²) in [4.78, 5) is 5.43. The van der Waals surface area contributed by atoms with E-state index in [4.69, 9.17) is 14.3 Å². The van der Waals surface area contributed by atoms with Gasteiger partial charge in [-0.15, -0.1) is 6.58 Å². The van der Waals surface area contributed by atoms with Gasteiger partial charge in [0.1, 0.15) is 19.0 Å². The quantitative estimate of drug-likeness (QED) is 0.513. The van der Waals surface area contributed by atoms with Crippen LogP contribution in [0.4, 0.5) is 0 Å². The molecule has 0 aromatic rings. The zero-order chi connectivity index (χ0) is 11.4. The molecule has 90 valence electrons. The molecule has 1 heterocycles. The second kappa shape index (κ2) is 5.46. The Hall–Kier alpha value is -0.870. The van der Waals surface area contributed by atoms with Crippen molar-refractivity contribution in [3.63, 3.8) is 0 Å². The third-order valence-electron chi connectivity index (χ3n) is 3.22. The monoisotopic (exact) mass is 225 g/mol. The normalized spacial score (nSPS) is 29.4. The molecule has 0 bridgehead atoms. The van der Waals surface area contributed by atoms with Crippen molar-refractivity contribution >= 4 is 5.71 Å². The first kappa shape index (κ1) is 11.6. The van der Waals surface area contributed by atoms with Gasteiger partial charge in [0.05, 0.1) is 5.71 Å². The van der Waals surface area contributed by atoms with Crippen molar-refractivity contribution in [1.29, 1.82) is 0 Å². The van der Waals surface area contributed by atoms with Crippen LogP contribution in [0.25, 0.3) is 0 Å². The molecule has 2 rings (SSSR count). The Labute approximate surface area is 96.2 Å². The second-order valence-corrected chi connectivity index (χ2v) is 4.28. The van der Waals surface area contributed by atoms with Gasteiger partial charge in [0.25, 0.3) is 0 Å². The van der Waals surface area contributed by atoms with Crippen LogP contribution >= 0.6 is 0 Å². The van der Waals surface area contributed by atoms with Gasteiger partial charge >= 0.3 is 0 Å². The molecule has 0 unspecified atom stereocenters. The number of ether oxygens (including phenoxy) is 2. The van der Waals surface area contributed by atoms with E-state index in [1.165, 1.54) is 6.42 Å². The van der Waals surface area contributed by atoms with E-state index in [-0.39, 0.29) is 19.0 Å².